The standard InChI is InChI=1S/C23H29N3O2S/c1-23(2,3)15-6-9-17-18(12-15)29-22-20(17)21(28)25-19(26-22)13-24-11-10-14-4-7-16(27)8-5-14/h4-5,7-8,15,24,27H,6,9-13H2,1-3H3,(H,25,26,28). The van der Waals surface area contributed by atoms with Crippen molar-refractivity contribution in [3.63, 3.8) is 0 Å². The number of H-pyrrole nitrogens is 1. The average Bonchev–Trinajstić information content (AvgIpc) is 3.04. The third kappa shape index (κ3) is 4.38. The van der Waals surface area contributed by atoms with E-state index in [2.05, 4.69) is 31.1 Å². The zero-order valence-corrected chi connectivity index (χ0v) is 18.2. The molecule has 0 amide bonds. The highest BCUT2D eigenvalue weighted by atomic mass is 32.1. The highest BCUT2D eigenvalue weighted by Crippen LogP contribution is 2.41. The van der Waals surface area contributed by atoms with E-state index in [0.29, 0.717) is 23.7 Å². The Labute approximate surface area is 175 Å². The van der Waals surface area contributed by atoms with Gasteiger partial charge in [0.2, 0.25) is 0 Å². The highest BCUT2D eigenvalue weighted by molar-refractivity contribution is 7.18. The number of hydrogen-bond donors (Lipinski definition) is 3. The maximum absolute atomic E-state index is 12.8. The maximum Gasteiger partial charge on any atom is 0.259 e. The molecule has 3 aromatic rings. The smallest absolute Gasteiger partial charge is 0.259 e. The number of thiophene rings is 1. The average molecular weight is 412 g/mol. The lowest BCUT2D eigenvalue weighted by Gasteiger charge is -2.33. The van der Waals surface area contributed by atoms with Crippen LogP contribution in [0.2, 0.25) is 0 Å². The molecule has 0 spiro atoms. The molecule has 1 aliphatic rings. The number of nitrogens with zero attached hydrogens (tertiary/aromatic N) is 1. The van der Waals surface area contributed by atoms with Gasteiger partial charge in [-0.25, -0.2) is 4.98 Å². The molecule has 29 heavy (non-hydrogen) atoms. The second-order valence-electron chi connectivity index (χ2n) is 9.10. The maximum atomic E-state index is 12.8. The fourth-order valence-electron chi connectivity index (χ4n) is 4.15. The first-order valence-electron chi connectivity index (χ1n) is 10.3. The van der Waals surface area contributed by atoms with Gasteiger partial charge in [0.15, 0.2) is 0 Å². The lowest BCUT2D eigenvalue weighted by Crippen LogP contribution is -2.26. The Morgan fingerprint density at radius 1 is 1.28 bits per heavy atom. The molecule has 1 aliphatic carbocycles. The number of rotatable bonds is 5. The molecule has 0 saturated carbocycles. The van der Waals surface area contributed by atoms with Crippen molar-refractivity contribution < 1.29 is 5.11 Å². The molecule has 1 aromatic carbocycles. The number of phenolic OH excluding ortho intramolecular Hbond substituents is 1. The fraction of sp³-hybridized carbons (Fsp3) is 0.478. The Morgan fingerprint density at radius 3 is 2.76 bits per heavy atom. The molecular formula is C23H29N3O2S. The molecule has 3 N–H and O–H groups in total. The lowest BCUT2D eigenvalue weighted by atomic mass is 9.72. The summed E-state index contributed by atoms with van der Waals surface area (Å²) in [5, 5.41) is 13.5. The summed E-state index contributed by atoms with van der Waals surface area (Å²) >= 11 is 1.70. The molecule has 4 rings (SSSR count). The van der Waals surface area contributed by atoms with E-state index in [1.165, 1.54) is 10.4 Å². The van der Waals surface area contributed by atoms with Gasteiger partial charge in [-0.3, -0.25) is 4.79 Å². The van der Waals surface area contributed by atoms with Crippen molar-refractivity contribution in [3.8, 4) is 5.75 Å². The van der Waals surface area contributed by atoms with Gasteiger partial charge in [0.25, 0.3) is 5.56 Å². The van der Waals surface area contributed by atoms with Crippen LogP contribution in [0.15, 0.2) is 29.1 Å². The summed E-state index contributed by atoms with van der Waals surface area (Å²) in [7, 11) is 0. The van der Waals surface area contributed by atoms with E-state index in [4.69, 9.17) is 4.98 Å². The van der Waals surface area contributed by atoms with Crippen LogP contribution in [0.25, 0.3) is 10.2 Å². The van der Waals surface area contributed by atoms with Gasteiger partial charge >= 0.3 is 0 Å². The van der Waals surface area contributed by atoms with Gasteiger partial charge in [-0.05, 0) is 66.8 Å². The molecule has 2 aromatic heterocycles. The normalized spacial score (nSPS) is 16.9. The zero-order valence-electron chi connectivity index (χ0n) is 17.3. The number of fused-ring (bicyclic) bond motifs is 3. The van der Waals surface area contributed by atoms with Crippen molar-refractivity contribution in [1.29, 1.82) is 0 Å². The summed E-state index contributed by atoms with van der Waals surface area (Å²) in [4.78, 5) is 22.7. The van der Waals surface area contributed by atoms with Crippen molar-refractivity contribution in [2.45, 2.75) is 53.0 Å². The number of aromatic hydroxyl groups is 1. The molecule has 0 bridgehead atoms. The third-order valence-corrected chi connectivity index (χ3v) is 7.16. The van der Waals surface area contributed by atoms with Gasteiger partial charge in [0.1, 0.15) is 16.4 Å². The van der Waals surface area contributed by atoms with Gasteiger partial charge in [-0.1, -0.05) is 32.9 Å². The quantitative estimate of drug-likeness (QED) is 0.551. The van der Waals surface area contributed by atoms with Gasteiger partial charge < -0.3 is 15.4 Å². The largest absolute Gasteiger partial charge is 0.508 e. The second kappa shape index (κ2) is 7.92. The van der Waals surface area contributed by atoms with E-state index >= 15 is 0 Å². The predicted molar refractivity (Wildman–Crippen MR) is 119 cm³/mol. The van der Waals surface area contributed by atoms with Crippen LogP contribution in [0.3, 0.4) is 0 Å². The van der Waals surface area contributed by atoms with Crippen LogP contribution >= 0.6 is 11.3 Å². The Morgan fingerprint density at radius 2 is 2.03 bits per heavy atom. The van der Waals surface area contributed by atoms with Gasteiger partial charge in [-0.2, -0.15) is 0 Å². The molecule has 0 fully saturated rings. The summed E-state index contributed by atoms with van der Waals surface area (Å²) < 4.78 is 0. The van der Waals surface area contributed by atoms with Crippen molar-refractivity contribution in [2.75, 3.05) is 6.54 Å². The van der Waals surface area contributed by atoms with Crippen LogP contribution < -0.4 is 10.9 Å². The zero-order chi connectivity index (χ0) is 20.6. The van der Waals surface area contributed by atoms with Crippen LogP contribution in [0.5, 0.6) is 5.75 Å². The Hall–Kier alpha value is -2.18. The lowest BCUT2D eigenvalue weighted by molar-refractivity contribution is 0.218. The number of hydrogen-bond acceptors (Lipinski definition) is 5. The van der Waals surface area contributed by atoms with Crippen molar-refractivity contribution in [3.05, 3.63) is 56.4 Å². The number of aromatic nitrogens is 2. The second-order valence-corrected chi connectivity index (χ2v) is 10.2. The van der Waals surface area contributed by atoms with Gasteiger partial charge in [0, 0.05) is 4.88 Å². The Kier molecular flexibility index (Phi) is 5.49. The number of aromatic amines is 1. The third-order valence-electron chi connectivity index (χ3n) is 6.01. The van der Waals surface area contributed by atoms with E-state index < -0.39 is 0 Å². The minimum absolute atomic E-state index is 0.00274. The van der Waals surface area contributed by atoms with Gasteiger partial charge in [-0.15, -0.1) is 11.3 Å². The molecule has 6 heteroatoms. The van der Waals surface area contributed by atoms with Crippen molar-refractivity contribution >= 4 is 21.6 Å². The minimum Gasteiger partial charge on any atom is -0.508 e. The molecule has 154 valence electrons. The molecule has 0 radical (unpaired) electrons. The molecule has 1 atom stereocenters. The Balaban J connectivity index is 1.45. The highest BCUT2D eigenvalue weighted by Gasteiger charge is 2.31. The van der Waals surface area contributed by atoms with E-state index in [1.54, 1.807) is 23.5 Å². The van der Waals surface area contributed by atoms with E-state index in [0.717, 1.165) is 48.0 Å². The van der Waals surface area contributed by atoms with E-state index in [1.807, 2.05) is 12.1 Å². The summed E-state index contributed by atoms with van der Waals surface area (Å²) in [5.74, 6) is 1.63. The first-order chi connectivity index (χ1) is 13.8. The fourth-order valence-corrected chi connectivity index (χ4v) is 5.47. The topological polar surface area (TPSA) is 78.0 Å². The molecule has 1 unspecified atom stereocenters. The molecule has 5 nitrogen and oxygen atoms in total. The molecule has 0 aliphatic heterocycles. The Bertz CT molecular complexity index is 1060. The minimum atomic E-state index is -0.00274. The first kappa shape index (κ1) is 20.1. The summed E-state index contributed by atoms with van der Waals surface area (Å²) in [5.41, 5.74) is 2.68. The van der Waals surface area contributed by atoms with Crippen LogP contribution in [0.1, 0.15) is 49.0 Å². The SMILES string of the molecule is CC(C)(C)C1CCc2c(sc3nc(CNCCc4ccc(O)cc4)[nH]c(=O)c23)C1. The van der Waals surface area contributed by atoms with Crippen LogP contribution in [-0.2, 0) is 25.8 Å². The van der Waals surface area contributed by atoms with Gasteiger partial charge in [0.05, 0.1) is 11.9 Å². The summed E-state index contributed by atoms with van der Waals surface area (Å²) in [6.45, 7) is 8.24. The van der Waals surface area contributed by atoms with Crippen LogP contribution in [0.4, 0.5) is 0 Å². The van der Waals surface area contributed by atoms with Crippen molar-refractivity contribution in [1.82, 2.24) is 15.3 Å². The molecule has 2 heterocycles. The predicted octanol–water partition coefficient (Wildman–Crippen LogP) is 4.17. The molecular weight excluding hydrogens is 382 g/mol. The van der Waals surface area contributed by atoms with Crippen molar-refractivity contribution in [2.24, 2.45) is 11.3 Å². The molecule has 0 saturated heterocycles. The first-order valence-corrected chi connectivity index (χ1v) is 11.1. The van der Waals surface area contributed by atoms with Crippen LogP contribution in [-0.4, -0.2) is 21.6 Å². The van der Waals surface area contributed by atoms with Crippen LogP contribution in [0, 0.1) is 11.3 Å². The monoisotopic (exact) mass is 411 g/mol. The van der Waals surface area contributed by atoms with E-state index in [9.17, 15) is 9.90 Å². The summed E-state index contributed by atoms with van der Waals surface area (Å²) in [6, 6.07) is 7.24. The van der Waals surface area contributed by atoms with E-state index in [-0.39, 0.29) is 11.3 Å². The summed E-state index contributed by atoms with van der Waals surface area (Å²) in [6.07, 6.45) is 4.03. The number of nitrogens with one attached hydrogen (secondary N) is 2. The number of benzene rings is 1. The number of phenols is 1. The number of aryl methyl sites for hydroxylation is 1.